The Balaban J connectivity index is 1.99. The van der Waals surface area contributed by atoms with Crippen molar-refractivity contribution >= 4 is 5.91 Å². The third-order valence-electron chi connectivity index (χ3n) is 2.87. The Morgan fingerprint density at radius 2 is 2.21 bits per heavy atom. The number of nitrogens with zero attached hydrogens (tertiary/aromatic N) is 1. The van der Waals surface area contributed by atoms with E-state index in [-0.39, 0.29) is 12.5 Å². The number of aliphatic hydroxyl groups is 1. The van der Waals surface area contributed by atoms with Gasteiger partial charge in [-0.3, -0.25) is 9.69 Å². The summed E-state index contributed by atoms with van der Waals surface area (Å²) >= 11 is 0. The average Bonchev–Trinajstić information content (AvgIpc) is 2.40. The number of morpholine rings is 1. The minimum absolute atomic E-state index is 0.0874. The number of rotatable bonds is 9. The maximum Gasteiger partial charge on any atom is 0.234 e. The summed E-state index contributed by atoms with van der Waals surface area (Å²) in [6.07, 6.45) is -0.468. The van der Waals surface area contributed by atoms with Crippen molar-refractivity contribution in [1.82, 2.24) is 15.5 Å². The van der Waals surface area contributed by atoms with Crippen LogP contribution in [0.3, 0.4) is 0 Å². The minimum atomic E-state index is -0.468. The number of aliphatic hydroxyl groups excluding tert-OH is 1. The smallest absolute Gasteiger partial charge is 0.234 e. The molecule has 0 saturated carbocycles. The molecule has 0 aromatic heterocycles. The van der Waals surface area contributed by atoms with Crippen LogP contribution in [0.4, 0.5) is 0 Å². The van der Waals surface area contributed by atoms with Gasteiger partial charge in [0.2, 0.25) is 5.91 Å². The summed E-state index contributed by atoms with van der Waals surface area (Å²) in [7, 11) is 1.59. The van der Waals surface area contributed by atoms with Crippen LogP contribution in [0.25, 0.3) is 0 Å². The minimum Gasteiger partial charge on any atom is -0.390 e. The molecule has 7 heteroatoms. The summed E-state index contributed by atoms with van der Waals surface area (Å²) in [5.74, 6) is -0.0874. The Bertz CT molecular complexity index is 247. The highest BCUT2D eigenvalue weighted by Crippen LogP contribution is 1.97. The van der Waals surface area contributed by atoms with Crippen LogP contribution in [-0.4, -0.2) is 88.2 Å². The van der Waals surface area contributed by atoms with Crippen LogP contribution in [0.5, 0.6) is 0 Å². The topological polar surface area (TPSA) is 83.1 Å². The average molecular weight is 275 g/mol. The number of carbonyl (C=O) groups is 1. The van der Waals surface area contributed by atoms with Crippen LogP contribution in [0, 0.1) is 0 Å². The van der Waals surface area contributed by atoms with Gasteiger partial charge in [-0.2, -0.15) is 0 Å². The molecule has 0 spiro atoms. The summed E-state index contributed by atoms with van der Waals surface area (Å²) in [4.78, 5) is 13.5. The van der Waals surface area contributed by atoms with E-state index in [1.807, 2.05) is 0 Å². The molecule has 0 bridgehead atoms. The summed E-state index contributed by atoms with van der Waals surface area (Å²) in [5, 5.41) is 15.5. The van der Waals surface area contributed by atoms with Crippen molar-refractivity contribution in [3.8, 4) is 0 Å². The fourth-order valence-corrected chi connectivity index (χ4v) is 1.85. The summed E-state index contributed by atoms with van der Waals surface area (Å²) in [5.41, 5.74) is 0. The van der Waals surface area contributed by atoms with E-state index in [0.717, 1.165) is 26.3 Å². The van der Waals surface area contributed by atoms with E-state index in [1.54, 1.807) is 7.11 Å². The second-order valence-corrected chi connectivity index (χ2v) is 4.54. The Labute approximate surface area is 114 Å². The Morgan fingerprint density at radius 3 is 2.89 bits per heavy atom. The van der Waals surface area contributed by atoms with Crippen LogP contribution >= 0.6 is 0 Å². The van der Waals surface area contributed by atoms with Gasteiger partial charge in [-0.25, -0.2) is 0 Å². The van der Waals surface area contributed by atoms with Gasteiger partial charge in [0, 0.05) is 39.8 Å². The van der Waals surface area contributed by atoms with E-state index < -0.39 is 6.10 Å². The van der Waals surface area contributed by atoms with Crippen LogP contribution in [0.2, 0.25) is 0 Å². The molecule has 112 valence electrons. The standard InChI is InChI=1S/C12H25N3O4/c1-18-5-2-14-12(17)9-13-8-11(16)10-15-3-6-19-7-4-15/h11,13,16H,2-10H2,1H3,(H,14,17). The first-order chi connectivity index (χ1) is 9.22. The molecule has 3 N–H and O–H groups in total. The maximum atomic E-state index is 11.4. The molecule has 0 aliphatic carbocycles. The van der Waals surface area contributed by atoms with E-state index in [4.69, 9.17) is 9.47 Å². The molecule has 1 aliphatic rings. The molecule has 0 aromatic rings. The van der Waals surface area contributed by atoms with Gasteiger partial charge in [0.1, 0.15) is 0 Å². The van der Waals surface area contributed by atoms with Gasteiger partial charge < -0.3 is 25.2 Å². The lowest BCUT2D eigenvalue weighted by Gasteiger charge is -2.28. The molecule has 1 atom stereocenters. The molecule has 1 amide bonds. The number of amides is 1. The van der Waals surface area contributed by atoms with Crippen LogP contribution in [0.15, 0.2) is 0 Å². The lowest BCUT2D eigenvalue weighted by molar-refractivity contribution is -0.120. The fraction of sp³-hybridized carbons (Fsp3) is 0.917. The van der Waals surface area contributed by atoms with Gasteiger partial charge in [0.25, 0.3) is 0 Å². The molecule has 7 nitrogen and oxygen atoms in total. The predicted octanol–water partition coefficient (Wildman–Crippen LogP) is -1.97. The maximum absolute atomic E-state index is 11.4. The van der Waals surface area contributed by atoms with Crippen LogP contribution in [-0.2, 0) is 14.3 Å². The van der Waals surface area contributed by atoms with E-state index in [2.05, 4.69) is 15.5 Å². The number of hydrogen-bond donors (Lipinski definition) is 3. The molecular weight excluding hydrogens is 250 g/mol. The van der Waals surface area contributed by atoms with Gasteiger partial charge in [-0.15, -0.1) is 0 Å². The normalized spacial score (nSPS) is 18.2. The van der Waals surface area contributed by atoms with Gasteiger partial charge >= 0.3 is 0 Å². The van der Waals surface area contributed by atoms with Crippen molar-refractivity contribution in [2.24, 2.45) is 0 Å². The van der Waals surface area contributed by atoms with Crippen molar-refractivity contribution in [3.05, 3.63) is 0 Å². The van der Waals surface area contributed by atoms with E-state index >= 15 is 0 Å². The van der Waals surface area contributed by atoms with E-state index in [1.165, 1.54) is 0 Å². The molecule has 1 saturated heterocycles. The molecular formula is C12H25N3O4. The Kier molecular flexibility index (Phi) is 8.68. The Morgan fingerprint density at radius 1 is 1.47 bits per heavy atom. The summed E-state index contributed by atoms with van der Waals surface area (Å²) in [6, 6.07) is 0. The zero-order chi connectivity index (χ0) is 13.9. The molecule has 0 radical (unpaired) electrons. The molecule has 1 heterocycles. The zero-order valence-electron chi connectivity index (χ0n) is 11.6. The Hall–Kier alpha value is -0.730. The van der Waals surface area contributed by atoms with E-state index in [9.17, 15) is 9.90 Å². The van der Waals surface area contributed by atoms with Crippen molar-refractivity contribution in [1.29, 1.82) is 0 Å². The van der Waals surface area contributed by atoms with Crippen molar-refractivity contribution in [2.75, 3.05) is 66.2 Å². The van der Waals surface area contributed by atoms with Crippen molar-refractivity contribution in [2.45, 2.75) is 6.10 Å². The molecule has 19 heavy (non-hydrogen) atoms. The lowest BCUT2D eigenvalue weighted by atomic mass is 10.3. The molecule has 1 fully saturated rings. The molecule has 1 unspecified atom stereocenters. The number of nitrogens with one attached hydrogen (secondary N) is 2. The third kappa shape index (κ3) is 8.12. The number of methoxy groups -OCH3 is 1. The SMILES string of the molecule is COCCNC(=O)CNCC(O)CN1CCOCC1. The fourth-order valence-electron chi connectivity index (χ4n) is 1.85. The highest BCUT2D eigenvalue weighted by atomic mass is 16.5. The molecule has 1 aliphatic heterocycles. The molecule has 0 aromatic carbocycles. The number of β-amino-alcohol motifs (C(OH)–C–C–N with tert-alkyl or cyclic N) is 1. The first-order valence-electron chi connectivity index (χ1n) is 6.67. The first kappa shape index (κ1) is 16.3. The van der Waals surface area contributed by atoms with Gasteiger partial charge in [0.05, 0.1) is 32.5 Å². The van der Waals surface area contributed by atoms with E-state index in [0.29, 0.717) is 26.2 Å². The lowest BCUT2D eigenvalue weighted by Crippen LogP contribution is -2.45. The van der Waals surface area contributed by atoms with Gasteiger partial charge in [-0.05, 0) is 0 Å². The monoisotopic (exact) mass is 275 g/mol. The number of hydrogen-bond acceptors (Lipinski definition) is 6. The first-order valence-corrected chi connectivity index (χ1v) is 6.67. The highest BCUT2D eigenvalue weighted by Gasteiger charge is 2.14. The van der Waals surface area contributed by atoms with Gasteiger partial charge in [-0.1, -0.05) is 0 Å². The van der Waals surface area contributed by atoms with Crippen molar-refractivity contribution < 1.29 is 19.4 Å². The summed E-state index contributed by atoms with van der Waals surface area (Å²) < 4.78 is 10.1. The zero-order valence-corrected chi connectivity index (χ0v) is 11.6. The van der Waals surface area contributed by atoms with Gasteiger partial charge in [0.15, 0.2) is 0 Å². The number of carbonyl (C=O) groups excluding carboxylic acids is 1. The third-order valence-corrected chi connectivity index (χ3v) is 2.87. The quantitative estimate of drug-likeness (QED) is 0.424. The van der Waals surface area contributed by atoms with Crippen LogP contribution < -0.4 is 10.6 Å². The second kappa shape index (κ2) is 10.1. The summed E-state index contributed by atoms with van der Waals surface area (Å²) in [6.45, 7) is 5.41. The van der Waals surface area contributed by atoms with Crippen LogP contribution in [0.1, 0.15) is 0 Å². The largest absolute Gasteiger partial charge is 0.390 e. The number of ether oxygens (including phenoxy) is 2. The molecule has 1 rings (SSSR count). The van der Waals surface area contributed by atoms with Crippen molar-refractivity contribution in [3.63, 3.8) is 0 Å². The highest BCUT2D eigenvalue weighted by molar-refractivity contribution is 5.77. The predicted molar refractivity (Wildman–Crippen MR) is 71.0 cm³/mol. The second-order valence-electron chi connectivity index (χ2n) is 4.54.